The molecule has 0 N–H and O–H groups in total. The van der Waals surface area contributed by atoms with Crippen molar-refractivity contribution in [3.63, 3.8) is 0 Å². The highest BCUT2D eigenvalue weighted by molar-refractivity contribution is 6.01. The van der Waals surface area contributed by atoms with E-state index in [1.165, 1.54) is 11.1 Å². The minimum atomic E-state index is -4.57. The first-order chi connectivity index (χ1) is 26.2. The van der Waals surface area contributed by atoms with E-state index in [0.29, 0.717) is 25.1 Å². The summed E-state index contributed by atoms with van der Waals surface area (Å²) >= 11 is 0. The molecule has 288 valence electrons. The summed E-state index contributed by atoms with van der Waals surface area (Å²) in [5.74, 6) is 0.913. The number of hydrogen-bond acceptors (Lipinski definition) is 8. The molecule has 6 rings (SSSR count). The zero-order chi connectivity index (χ0) is 39.6. The van der Waals surface area contributed by atoms with E-state index < -0.39 is 17.6 Å². The molecule has 1 fully saturated rings. The van der Waals surface area contributed by atoms with Crippen LogP contribution >= 0.6 is 0 Å². The number of ether oxygens (including phenoxy) is 2. The second kappa shape index (κ2) is 16.1. The molecule has 0 saturated carbocycles. The van der Waals surface area contributed by atoms with Crippen LogP contribution in [0.25, 0.3) is 17.2 Å². The van der Waals surface area contributed by atoms with E-state index in [0.717, 1.165) is 96.4 Å². The Morgan fingerprint density at radius 2 is 1.64 bits per heavy atom. The lowest BCUT2D eigenvalue weighted by atomic mass is 9.89. The number of piperazine rings is 1. The van der Waals surface area contributed by atoms with Crippen LogP contribution in [-0.4, -0.2) is 77.1 Å². The maximum absolute atomic E-state index is 13.6. The number of halogens is 3. The zero-order valence-electron chi connectivity index (χ0n) is 32.0. The van der Waals surface area contributed by atoms with Crippen molar-refractivity contribution in [3.05, 3.63) is 115 Å². The molecule has 1 unspecified atom stereocenters. The summed E-state index contributed by atoms with van der Waals surface area (Å²) in [6.45, 7) is 10.9. The Labute approximate surface area is 319 Å². The van der Waals surface area contributed by atoms with Gasteiger partial charge in [-0.1, -0.05) is 18.2 Å². The zero-order valence-corrected chi connectivity index (χ0v) is 32.0. The molecule has 13 heteroatoms. The number of aryl methyl sites for hydroxylation is 1. The average Bonchev–Trinajstić information content (AvgIpc) is 3.18. The predicted molar refractivity (Wildman–Crippen MR) is 203 cm³/mol. The summed E-state index contributed by atoms with van der Waals surface area (Å²) in [6, 6.07) is 13.4. The summed E-state index contributed by atoms with van der Waals surface area (Å²) in [5, 5.41) is 9.82. The molecule has 1 atom stereocenters. The molecule has 0 aliphatic carbocycles. The van der Waals surface area contributed by atoms with Crippen molar-refractivity contribution in [3.8, 4) is 28.7 Å². The lowest BCUT2D eigenvalue weighted by Gasteiger charge is -2.38. The number of amides is 1. The van der Waals surface area contributed by atoms with Gasteiger partial charge in [0.2, 0.25) is 0 Å². The summed E-state index contributed by atoms with van der Waals surface area (Å²) in [5.41, 5.74) is 6.54. The van der Waals surface area contributed by atoms with Crippen molar-refractivity contribution in [1.29, 1.82) is 5.26 Å². The van der Waals surface area contributed by atoms with Crippen LogP contribution < -0.4 is 15.0 Å². The Bertz CT molecular complexity index is 2210. The van der Waals surface area contributed by atoms with Gasteiger partial charge in [0.25, 0.3) is 11.5 Å². The van der Waals surface area contributed by atoms with Crippen molar-refractivity contribution in [2.75, 3.05) is 46.9 Å². The number of rotatable bonds is 9. The van der Waals surface area contributed by atoms with E-state index in [1.807, 2.05) is 57.3 Å². The van der Waals surface area contributed by atoms with Gasteiger partial charge in [-0.25, -0.2) is 0 Å². The van der Waals surface area contributed by atoms with Gasteiger partial charge < -0.3 is 18.9 Å². The van der Waals surface area contributed by atoms with E-state index in [1.54, 1.807) is 30.7 Å². The first kappa shape index (κ1) is 39.2. The molecule has 2 aromatic carbocycles. The third-order valence-electron chi connectivity index (χ3n) is 10.9. The first-order valence-electron chi connectivity index (χ1n) is 18.2. The van der Waals surface area contributed by atoms with Gasteiger partial charge in [0.1, 0.15) is 23.1 Å². The van der Waals surface area contributed by atoms with Crippen LogP contribution in [-0.2, 0) is 37.5 Å². The number of alkyl halides is 3. The third-order valence-corrected chi connectivity index (χ3v) is 10.9. The standard InChI is InChI=1S/C42H45F3N6O4/c1-26-27(2)40(52)48(4)24-36(26)30-19-38(54-5)37(39(20-30)55-6)25-50-16-14-49(15-17-50)23-29-8-7-9-34-28(3)51(13-11-35(29)34)41(53)31(22-46)18-33-21-32(10-12-47-33)42(43,44)45/h7-10,12,18-21,24,28H,11,13-17,23,25H2,1-6H3/b31-18+. The minimum Gasteiger partial charge on any atom is -0.496 e. The topological polar surface area (TPSA) is 104 Å². The molecule has 10 nitrogen and oxygen atoms in total. The Balaban J connectivity index is 1.12. The Morgan fingerprint density at radius 1 is 0.982 bits per heavy atom. The number of nitriles is 1. The van der Waals surface area contributed by atoms with Crippen molar-refractivity contribution in [2.24, 2.45) is 7.05 Å². The van der Waals surface area contributed by atoms with Gasteiger partial charge in [0, 0.05) is 76.4 Å². The van der Waals surface area contributed by atoms with Crippen LogP contribution in [0.1, 0.15) is 57.6 Å². The van der Waals surface area contributed by atoms with E-state index in [2.05, 4.69) is 20.9 Å². The van der Waals surface area contributed by atoms with Crippen molar-refractivity contribution < 1.29 is 27.4 Å². The Morgan fingerprint density at radius 3 is 2.25 bits per heavy atom. The van der Waals surface area contributed by atoms with Crippen LogP contribution in [0.2, 0.25) is 0 Å². The number of carbonyl (C=O) groups is 1. The van der Waals surface area contributed by atoms with E-state index in [-0.39, 0.29) is 22.9 Å². The lowest BCUT2D eigenvalue weighted by Crippen LogP contribution is -2.45. The molecule has 0 radical (unpaired) electrons. The highest BCUT2D eigenvalue weighted by atomic mass is 19.4. The SMILES string of the molecule is COc1cc(-c2cn(C)c(=O)c(C)c2C)cc(OC)c1CN1CCN(Cc2cccc3c2CCN(C(=O)/C(C#N)=C/c2cc(C(F)(F)F)ccn2)C3C)CC1. The summed E-state index contributed by atoms with van der Waals surface area (Å²) in [4.78, 5) is 36.4. The molecule has 4 heterocycles. The normalized spacial score (nSPS) is 16.8. The van der Waals surface area contributed by atoms with Gasteiger partial charge in [-0.05, 0) is 85.4 Å². The van der Waals surface area contributed by atoms with Crippen LogP contribution in [0.15, 0.2) is 65.2 Å². The smallest absolute Gasteiger partial charge is 0.416 e. The third kappa shape index (κ3) is 8.16. The van der Waals surface area contributed by atoms with Crippen molar-refractivity contribution in [2.45, 2.75) is 52.5 Å². The minimum absolute atomic E-state index is 0.0186. The molecular weight excluding hydrogens is 709 g/mol. The van der Waals surface area contributed by atoms with Gasteiger partial charge in [-0.2, -0.15) is 18.4 Å². The molecule has 2 aliphatic rings. The molecule has 55 heavy (non-hydrogen) atoms. The number of nitrogens with zero attached hydrogens (tertiary/aromatic N) is 6. The number of aromatic nitrogens is 2. The fourth-order valence-electron chi connectivity index (χ4n) is 7.65. The van der Waals surface area contributed by atoms with Gasteiger partial charge in [0.05, 0.1) is 37.1 Å². The second-order valence-electron chi connectivity index (χ2n) is 14.2. The van der Waals surface area contributed by atoms with Gasteiger partial charge in [-0.3, -0.25) is 24.4 Å². The predicted octanol–water partition coefficient (Wildman–Crippen LogP) is 6.47. The van der Waals surface area contributed by atoms with Crippen LogP contribution in [0.3, 0.4) is 0 Å². The van der Waals surface area contributed by atoms with E-state index in [9.17, 15) is 28.0 Å². The largest absolute Gasteiger partial charge is 0.496 e. The summed E-state index contributed by atoms with van der Waals surface area (Å²) < 4.78 is 53.1. The highest BCUT2D eigenvalue weighted by Crippen LogP contribution is 2.38. The summed E-state index contributed by atoms with van der Waals surface area (Å²) in [6.07, 6.45) is 0.0140. The van der Waals surface area contributed by atoms with Gasteiger partial charge in [0.15, 0.2) is 0 Å². The maximum Gasteiger partial charge on any atom is 0.416 e. The molecule has 0 bridgehead atoms. The number of carbonyl (C=O) groups excluding carboxylic acids is 1. The average molecular weight is 755 g/mol. The van der Waals surface area contributed by atoms with Crippen molar-refractivity contribution in [1.82, 2.24) is 24.3 Å². The van der Waals surface area contributed by atoms with Crippen LogP contribution in [0.5, 0.6) is 11.5 Å². The number of methoxy groups -OCH3 is 2. The maximum atomic E-state index is 13.6. The molecule has 2 aromatic heterocycles. The Kier molecular flexibility index (Phi) is 11.5. The van der Waals surface area contributed by atoms with Crippen LogP contribution in [0, 0.1) is 25.2 Å². The molecular formula is C42H45F3N6O4. The number of benzene rings is 2. The Hall–Kier alpha value is -5.45. The second-order valence-corrected chi connectivity index (χ2v) is 14.2. The lowest BCUT2D eigenvalue weighted by molar-refractivity contribution is -0.137. The number of fused-ring (bicyclic) bond motifs is 1. The molecule has 2 aliphatic heterocycles. The van der Waals surface area contributed by atoms with Gasteiger partial charge >= 0.3 is 6.18 Å². The van der Waals surface area contributed by atoms with Crippen LogP contribution in [0.4, 0.5) is 13.2 Å². The fraction of sp³-hybridized carbons (Fsp3) is 0.381. The number of hydrogen-bond donors (Lipinski definition) is 0. The van der Waals surface area contributed by atoms with E-state index in [4.69, 9.17) is 9.47 Å². The monoisotopic (exact) mass is 754 g/mol. The van der Waals surface area contributed by atoms with E-state index >= 15 is 0 Å². The van der Waals surface area contributed by atoms with Gasteiger partial charge in [-0.15, -0.1) is 0 Å². The molecule has 1 amide bonds. The fourth-order valence-corrected chi connectivity index (χ4v) is 7.65. The van der Waals surface area contributed by atoms with Crippen molar-refractivity contribution >= 4 is 12.0 Å². The summed E-state index contributed by atoms with van der Waals surface area (Å²) in [7, 11) is 5.07. The molecule has 1 saturated heterocycles. The molecule has 4 aromatic rings. The first-order valence-corrected chi connectivity index (χ1v) is 18.2. The molecule has 0 spiro atoms. The highest BCUT2D eigenvalue weighted by Gasteiger charge is 2.33. The number of pyridine rings is 2. The quantitative estimate of drug-likeness (QED) is 0.142.